The van der Waals surface area contributed by atoms with Crippen LogP contribution in [-0.4, -0.2) is 22.1 Å². The van der Waals surface area contributed by atoms with Gasteiger partial charge in [0, 0.05) is 18.4 Å². The molecule has 0 spiro atoms. The van der Waals surface area contributed by atoms with Crippen molar-refractivity contribution in [1.29, 1.82) is 5.26 Å². The van der Waals surface area contributed by atoms with E-state index in [1.807, 2.05) is 6.07 Å². The summed E-state index contributed by atoms with van der Waals surface area (Å²) in [6.45, 7) is 0.456. The number of aliphatic hydroxyl groups excluding tert-OH is 1. The van der Waals surface area contributed by atoms with E-state index in [0.717, 1.165) is 0 Å². The van der Waals surface area contributed by atoms with Gasteiger partial charge in [0.15, 0.2) is 0 Å². The van der Waals surface area contributed by atoms with Crippen LogP contribution in [-0.2, 0) is 17.9 Å². The van der Waals surface area contributed by atoms with Crippen molar-refractivity contribution in [2.75, 3.05) is 6.54 Å². The van der Waals surface area contributed by atoms with E-state index in [9.17, 15) is 4.79 Å². The normalized spacial score (nSPS) is 9.60. The van der Waals surface area contributed by atoms with E-state index in [2.05, 4.69) is 5.32 Å². The topological polar surface area (TPSA) is 78.0 Å². The Morgan fingerprint density at radius 3 is 3.13 bits per heavy atom. The van der Waals surface area contributed by atoms with Gasteiger partial charge in [0.25, 0.3) is 0 Å². The molecule has 80 valence electrons. The van der Waals surface area contributed by atoms with Crippen molar-refractivity contribution < 1.29 is 9.90 Å². The third-order valence-corrected chi connectivity index (χ3v) is 1.96. The van der Waals surface area contributed by atoms with Gasteiger partial charge in [0.2, 0.25) is 5.91 Å². The predicted molar refractivity (Wildman–Crippen MR) is 53.6 cm³/mol. The zero-order valence-corrected chi connectivity index (χ0v) is 8.31. The Morgan fingerprint density at radius 1 is 1.67 bits per heavy atom. The second kappa shape index (κ2) is 5.83. The molecule has 0 radical (unpaired) electrons. The van der Waals surface area contributed by atoms with E-state index >= 15 is 0 Å². The molecule has 0 fully saturated rings. The van der Waals surface area contributed by atoms with Gasteiger partial charge in [-0.15, -0.1) is 0 Å². The quantitative estimate of drug-likeness (QED) is 0.667. The molecule has 1 rings (SSSR count). The molecule has 0 unspecified atom stereocenters. The number of rotatable bonds is 5. The standard InChI is InChI=1S/C10H13N3O2/c11-4-2-5-12-10(15)7-13-6-1-3-9(13)8-14/h1,3,6,14H,2,5,7-8H2,(H,12,15). The maximum atomic E-state index is 11.3. The molecule has 0 aliphatic carbocycles. The lowest BCUT2D eigenvalue weighted by atomic mass is 10.4. The molecule has 0 saturated heterocycles. The van der Waals surface area contributed by atoms with Gasteiger partial charge in [-0.05, 0) is 12.1 Å². The summed E-state index contributed by atoms with van der Waals surface area (Å²) in [6.07, 6.45) is 2.04. The molecular weight excluding hydrogens is 194 g/mol. The zero-order chi connectivity index (χ0) is 11.1. The summed E-state index contributed by atoms with van der Waals surface area (Å²) in [5.74, 6) is -0.156. The highest BCUT2D eigenvalue weighted by atomic mass is 16.3. The summed E-state index contributed by atoms with van der Waals surface area (Å²) in [5.41, 5.74) is 0.699. The lowest BCUT2D eigenvalue weighted by Gasteiger charge is -2.07. The molecular formula is C10H13N3O2. The van der Waals surface area contributed by atoms with Crippen molar-refractivity contribution in [2.45, 2.75) is 19.6 Å². The van der Waals surface area contributed by atoms with Crippen LogP contribution >= 0.6 is 0 Å². The minimum absolute atomic E-state index is 0.0848. The van der Waals surface area contributed by atoms with Crippen LogP contribution in [0, 0.1) is 11.3 Å². The molecule has 1 amide bonds. The Kier molecular flexibility index (Phi) is 4.38. The van der Waals surface area contributed by atoms with Crippen LogP contribution < -0.4 is 5.32 Å². The summed E-state index contributed by atoms with van der Waals surface area (Å²) in [6, 6.07) is 5.47. The fraction of sp³-hybridized carbons (Fsp3) is 0.400. The first kappa shape index (κ1) is 11.3. The Balaban J connectivity index is 2.41. The van der Waals surface area contributed by atoms with Gasteiger partial charge >= 0.3 is 0 Å². The first-order valence-electron chi connectivity index (χ1n) is 4.66. The van der Waals surface area contributed by atoms with Crippen LogP contribution in [0.5, 0.6) is 0 Å². The van der Waals surface area contributed by atoms with Gasteiger partial charge in [-0.25, -0.2) is 0 Å². The number of carbonyl (C=O) groups is 1. The van der Waals surface area contributed by atoms with Crippen LogP contribution in [0.25, 0.3) is 0 Å². The summed E-state index contributed by atoms with van der Waals surface area (Å²) < 4.78 is 1.67. The van der Waals surface area contributed by atoms with Crippen LogP contribution in [0.1, 0.15) is 12.1 Å². The van der Waals surface area contributed by atoms with Gasteiger partial charge in [-0.1, -0.05) is 0 Å². The highest BCUT2D eigenvalue weighted by Gasteiger charge is 2.04. The molecule has 1 heterocycles. The SMILES string of the molecule is N#CCCNC(=O)Cn1cccc1CO. The van der Waals surface area contributed by atoms with Crippen molar-refractivity contribution in [3.05, 3.63) is 24.0 Å². The van der Waals surface area contributed by atoms with E-state index in [1.165, 1.54) is 0 Å². The molecule has 0 aliphatic rings. The number of aliphatic hydroxyl groups is 1. The van der Waals surface area contributed by atoms with E-state index < -0.39 is 0 Å². The highest BCUT2D eigenvalue weighted by Crippen LogP contribution is 2.01. The monoisotopic (exact) mass is 207 g/mol. The second-order valence-electron chi connectivity index (χ2n) is 3.04. The molecule has 0 aromatic carbocycles. The Labute approximate surface area is 87.9 Å². The number of nitrogens with zero attached hydrogens (tertiary/aromatic N) is 2. The number of nitriles is 1. The van der Waals surface area contributed by atoms with Gasteiger partial charge in [-0.2, -0.15) is 5.26 Å². The van der Waals surface area contributed by atoms with Crippen molar-refractivity contribution in [3.8, 4) is 6.07 Å². The van der Waals surface area contributed by atoms with Crippen molar-refractivity contribution in [2.24, 2.45) is 0 Å². The summed E-state index contributed by atoms with van der Waals surface area (Å²) in [5, 5.41) is 19.8. The second-order valence-corrected chi connectivity index (χ2v) is 3.04. The molecule has 15 heavy (non-hydrogen) atoms. The Morgan fingerprint density at radius 2 is 2.47 bits per heavy atom. The average molecular weight is 207 g/mol. The van der Waals surface area contributed by atoms with E-state index in [1.54, 1.807) is 22.9 Å². The van der Waals surface area contributed by atoms with E-state index in [0.29, 0.717) is 18.7 Å². The fourth-order valence-corrected chi connectivity index (χ4v) is 1.22. The number of nitrogens with one attached hydrogen (secondary N) is 1. The minimum atomic E-state index is -0.156. The molecule has 1 aromatic heterocycles. The molecule has 0 saturated carbocycles. The molecule has 5 heteroatoms. The van der Waals surface area contributed by atoms with Gasteiger partial charge in [-0.3, -0.25) is 4.79 Å². The summed E-state index contributed by atoms with van der Waals surface area (Å²) in [4.78, 5) is 11.3. The minimum Gasteiger partial charge on any atom is -0.390 e. The van der Waals surface area contributed by atoms with Crippen LogP contribution in [0.4, 0.5) is 0 Å². The molecule has 2 N–H and O–H groups in total. The van der Waals surface area contributed by atoms with Crippen LogP contribution in [0.2, 0.25) is 0 Å². The third-order valence-electron chi connectivity index (χ3n) is 1.96. The van der Waals surface area contributed by atoms with Crippen molar-refractivity contribution in [3.63, 3.8) is 0 Å². The van der Waals surface area contributed by atoms with Gasteiger partial charge < -0.3 is 15.0 Å². The summed E-state index contributed by atoms with van der Waals surface area (Å²) >= 11 is 0. The fourth-order valence-electron chi connectivity index (χ4n) is 1.22. The summed E-state index contributed by atoms with van der Waals surface area (Å²) in [7, 11) is 0. The number of carbonyl (C=O) groups excluding carboxylic acids is 1. The van der Waals surface area contributed by atoms with E-state index in [4.69, 9.17) is 10.4 Å². The third kappa shape index (κ3) is 3.44. The number of amides is 1. The van der Waals surface area contributed by atoms with Crippen LogP contribution in [0.15, 0.2) is 18.3 Å². The Bertz CT molecular complexity index is 365. The average Bonchev–Trinajstić information content (AvgIpc) is 2.65. The largest absolute Gasteiger partial charge is 0.390 e. The maximum Gasteiger partial charge on any atom is 0.239 e. The zero-order valence-electron chi connectivity index (χ0n) is 8.31. The van der Waals surface area contributed by atoms with Crippen LogP contribution in [0.3, 0.4) is 0 Å². The smallest absolute Gasteiger partial charge is 0.239 e. The number of aromatic nitrogens is 1. The molecule has 0 bridgehead atoms. The van der Waals surface area contributed by atoms with Gasteiger partial charge in [0.1, 0.15) is 6.54 Å². The highest BCUT2D eigenvalue weighted by molar-refractivity contribution is 5.75. The Hall–Kier alpha value is -1.80. The number of hydrogen-bond acceptors (Lipinski definition) is 3. The van der Waals surface area contributed by atoms with Gasteiger partial charge in [0.05, 0.1) is 19.1 Å². The molecule has 5 nitrogen and oxygen atoms in total. The predicted octanol–water partition coefficient (Wildman–Crippen LogP) is 0.0103. The van der Waals surface area contributed by atoms with Crippen molar-refractivity contribution in [1.82, 2.24) is 9.88 Å². The molecule has 0 aliphatic heterocycles. The lowest BCUT2D eigenvalue weighted by molar-refractivity contribution is -0.121. The first-order chi connectivity index (χ1) is 7.27. The lowest BCUT2D eigenvalue weighted by Crippen LogP contribution is -2.28. The maximum absolute atomic E-state index is 11.3. The molecule has 0 atom stereocenters. The number of hydrogen-bond donors (Lipinski definition) is 2. The molecule has 1 aromatic rings. The van der Waals surface area contributed by atoms with Crippen molar-refractivity contribution >= 4 is 5.91 Å². The first-order valence-corrected chi connectivity index (χ1v) is 4.66. The van der Waals surface area contributed by atoms with E-state index in [-0.39, 0.29) is 19.1 Å².